The molecule has 0 aromatic heterocycles. The van der Waals surface area contributed by atoms with E-state index in [0.29, 0.717) is 23.8 Å². The molecule has 5 unspecified atom stereocenters. The number of aliphatic hydroxyl groups is 1. The Morgan fingerprint density at radius 2 is 1.84 bits per heavy atom. The van der Waals surface area contributed by atoms with Crippen molar-refractivity contribution in [2.75, 3.05) is 33.7 Å². The van der Waals surface area contributed by atoms with Crippen LogP contribution in [0.4, 0.5) is 0 Å². The Morgan fingerprint density at radius 1 is 1.21 bits per heavy atom. The maximum atomic E-state index is 10.4. The lowest BCUT2D eigenvalue weighted by atomic mass is 9.73. The number of aliphatic hydroxyl groups excluding tert-OH is 1. The predicted octanol–water partition coefficient (Wildman–Crippen LogP) is 2.30. The average molecular weight is 270 g/mol. The number of hydrogen-bond acceptors (Lipinski definition) is 3. The lowest BCUT2D eigenvalue weighted by molar-refractivity contribution is -0.00845. The number of nitrogens with zero attached hydrogens (tertiary/aromatic N) is 2. The third kappa shape index (κ3) is 5.05. The third-order valence-electron chi connectivity index (χ3n) is 4.75. The van der Waals surface area contributed by atoms with Crippen LogP contribution in [0, 0.1) is 17.8 Å². The Labute approximate surface area is 120 Å². The fourth-order valence-corrected chi connectivity index (χ4v) is 3.71. The zero-order valence-corrected chi connectivity index (χ0v) is 13.8. The maximum Gasteiger partial charge on any atom is 0.0585 e. The molecule has 1 saturated carbocycles. The molecule has 1 aliphatic rings. The highest BCUT2D eigenvalue weighted by Gasteiger charge is 2.34. The van der Waals surface area contributed by atoms with Gasteiger partial charge in [0.25, 0.3) is 0 Å². The summed E-state index contributed by atoms with van der Waals surface area (Å²) in [4.78, 5) is 4.77. The number of likely N-dealkylation sites (N-methyl/N-ethyl adjacent to an activating group) is 2. The van der Waals surface area contributed by atoms with Crippen molar-refractivity contribution in [3.63, 3.8) is 0 Å². The fraction of sp³-hybridized carbons (Fsp3) is 1.00. The summed E-state index contributed by atoms with van der Waals surface area (Å²) in [6.07, 6.45) is 2.13. The van der Waals surface area contributed by atoms with Crippen LogP contribution in [0.5, 0.6) is 0 Å². The van der Waals surface area contributed by atoms with Gasteiger partial charge in [0, 0.05) is 25.0 Å². The first-order valence-electron chi connectivity index (χ1n) is 7.91. The molecule has 1 fully saturated rings. The minimum absolute atomic E-state index is 0.112. The van der Waals surface area contributed by atoms with Gasteiger partial charge in [-0.05, 0) is 52.2 Å². The van der Waals surface area contributed by atoms with Gasteiger partial charge in [-0.15, -0.1) is 0 Å². The molecule has 0 heterocycles. The first-order valence-corrected chi connectivity index (χ1v) is 7.91. The predicted molar refractivity (Wildman–Crippen MR) is 82.3 cm³/mol. The smallest absolute Gasteiger partial charge is 0.0585 e. The Morgan fingerprint density at radius 3 is 2.32 bits per heavy atom. The second-order valence-corrected chi connectivity index (χ2v) is 6.98. The summed E-state index contributed by atoms with van der Waals surface area (Å²) < 4.78 is 0. The van der Waals surface area contributed by atoms with E-state index in [2.05, 4.69) is 51.6 Å². The summed E-state index contributed by atoms with van der Waals surface area (Å²) in [6.45, 7) is 12.3. The quantitative estimate of drug-likeness (QED) is 0.802. The van der Waals surface area contributed by atoms with Gasteiger partial charge >= 0.3 is 0 Å². The standard InChI is InChI=1S/C16H34N2O/c1-7-18(14(4)10-17(5)6)11-15-13(3)8-12(2)9-16(15)19/h12-16,19H,7-11H2,1-6H3. The molecule has 0 amide bonds. The second kappa shape index (κ2) is 7.61. The van der Waals surface area contributed by atoms with Crippen molar-refractivity contribution in [1.29, 1.82) is 0 Å². The van der Waals surface area contributed by atoms with E-state index in [9.17, 15) is 5.11 Å². The molecular weight excluding hydrogens is 236 g/mol. The van der Waals surface area contributed by atoms with Gasteiger partial charge in [0.2, 0.25) is 0 Å². The monoisotopic (exact) mass is 270 g/mol. The van der Waals surface area contributed by atoms with E-state index in [-0.39, 0.29) is 6.10 Å². The third-order valence-corrected chi connectivity index (χ3v) is 4.75. The average Bonchev–Trinajstić information content (AvgIpc) is 2.26. The lowest BCUT2D eigenvalue weighted by Crippen LogP contribution is -2.47. The van der Waals surface area contributed by atoms with Crippen molar-refractivity contribution < 1.29 is 5.11 Å². The molecule has 19 heavy (non-hydrogen) atoms. The molecule has 0 aromatic carbocycles. The molecule has 0 spiro atoms. The van der Waals surface area contributed by atoms with E-state index in [1.165, 1.54) is 6.42 Å². The van der Waals surface area contributed by atoms with Crippen LogP contribution in [-0.4, -0.2) is 60.8 Å². The molecule has 0 aliphatic heterocycles. The molecule has 0 aromatic rings. The van der Waals surface area contributed by atoms with Gasteiger partial charge in [-0.3, -0.25) is 4.90 Å². The minimum atomic E-state index is -0.112. The van der Waals surface area contributed by atoms with Crippen molar-refractivity contribution in [3.05, 3.63) is 0 Å². The Hall–Kier alpha value is -0.120. The van der Waals surface area contributed by atoms with Crippen molar-refractivity contribution >= 4 is 0 Å². The summed E-state index contributed by atoms with van der Waals surface area (Å²) in [5.74, 6) is 1.76. The molecule has 1 rings (SSSR count). The summed E-state index contributed by atoms with van der Waals surface area (Å²) in [5.41, 5.74) is 0. The van der Waals surface area contributed by atoms with Gasteiger partial charge in [0.15, 0.2) is 0 Å². The van der Waals surface area contributed by atoms with Crippen molar-refractivity contribution in [3.8, 4) is 0 Å². The van der Waals surface area contributed by atoms with E-state index >= 15 is 0 Å². The van der Waals surface area contributed by atoms with E-state index < -0.39 is 0 Å². The SMILES string of the molecule is CCN(CC1C(C)CC(C)CC1O)C(C)CN(C)C. The van der Waals surface area contributed by atoms with Crippen molar-refractivity contribution in [1.82, 2.24) is 9.80 Å². The summed E-state index contributed by atoms with van der Waals surface area (Å²) in [7, 11) is 4.26. The normalized spacial score (nSPS) is 33.9. The van der Waals surface area contributed by atoms with Crippen LogP contribution in [0.1, 0.15) is 40.5 Å². The van der Waals surface area contributed by atoms with Gasteiger partial charge < -0.3 is 10.0 Å². The van der Waals surface area contributed by atoms with Crippen LogP contribution in [0.15, 0.2) is 0 Å². The van der Waals surface area contributed by atoms with E-state index in [1.807, 2.05) is 0 Å². The van der Waals surface area contributed by atoms with Gasteiger partial charge in [-0.2, -0.15) is 0 Å². The van der Waals surface area contributed by atoms with Gasteiger partial charge in [0.05, 0.1) is 6.10 Å². The van der Waals surface area contributed by atoms with E-state index in [1.54, 1.807) is 0 Å². The molecule has 3 heteroatoms. The van der Waals surface area contributed by atoms with E-state index in [0.717, 1.165) is 26.1 Å². The molecular formula is C16H34N2O. The molecule has 5 atom stereocenters. The van der Waals surface area contributed by atoms with E-state index in [4.69, 9.17) is 0 Å². The zero-order chi connectivity index (χ0) is 14.6. The second-order valence-electron chi connectivity index (χ2n) is 6.98. The minimum Gasteiger partial charge on any atom is -0.393 e. The number of rotatable bonds is 6. The van der Waals surface area contributed by atoms with Crippen LogP contribution in [0.25, 0.3) is 0 Å². The molecule has 1 N–H and O–H groups in total. The van der Waals surface area contributed by atoms with Crippen molar-refractivity contribution in [2.24, 2.45) is 17.8 Å². The molecule has 1 aliphatic carbocycles. The Bertz CT molecular complexity index is 245. The van der Waals surface area contributed by atoms with Crippen LogP contribution in [0.2, 0.25) is 0 Å². The first kappa shape index (κ1) is 16.9. The maximum absolute atomic E-state index is 10.4. The number of hydrogen-bond donors (Lipinski definition) is 1. The van der Waals surface area contributed by atoms with Gasteiger partial charge in [-0.25, -0.2) is 0 Å². The summed E-state index contributed by atoms with van der Waals surface area (Å²) in [6, 6.07) is 0.554. The molecule has 114 valence electrons. The highest BCUT2D eigenvalue weighted by Crippen LogP contribution is 2.34. The van der Waals surface area contributed by atoms with Crippen LogP contribution in [0.3, 0.4) is 0 Å². The topological polar surface area (TPSA) is 26.7 Å². The van der Waals surface area contributed by atoms with Gasteiger partial charge in [-0.1, -0.05) is 20.8 Å². The molecule has 0 bridgehead atoms. The largest absolute Gasteiger partial charge is 0.393 e. The molecule has 0 radical (unpaired) electrons. The zero-order valence-electron chi connectivity index (χ0n) is 13.8. The fourth-order valence-electron chi connectivity index (χ4n) is 3.71. The van der Waals surface area contributed by atoms with Crippen molar-refractivity contribution in [2.45, 2.75) is 52.7 Å². The Kier molecular flexibility index (Phi) is 6.78. The lowest BCUT2D eigenvalue weighted by Gasteiger charge is -2.41. The summed E-state index contributed by atoms with van der Waals surface area (Å²) >= 11 is 0. The molecule has 3 nitrogen and oxygen atoms in total. The highest BCUT2D eigenvalue weighted by molar-refractivity contribution is 4.86. The summed E-state index contributed by atoms with van der Waals surface area (Å²) in [5, 5.41) is 10.4. The molecule has 0 saturated heterocycles. The Balaban J connectivity index is 2.59. The van der Waals surface area contributed by atoms with Crippen LogP contribution < -0.4 is 0 Å². The highest BCUT2D eigenvalue weighted by atomic mass is 16.3. The first-order chi connectivity index (χ1) is 8.85. The van der Waals surface area contributed by atoms with Gasteiger partial charge in [0.1, 0.15) is 0 Å². The van der Waals surface area contributed by atoms with Crippen LogP contribution >= 0.6 is 0 Å². The van der Waals surface area contributed by atoms with Crippen LogP contribution in [-0.2, 0) is 0 Å².